The molecule has 1 fully saturated rings. The predicted molar refractivity (Wildman–Crippen MR) is 131 cm³/mol. The fourth-order valence-corrected chi connectivity index (χ4v) is 4.24. The third kappa shape index (κ3) is 3.99. The summed E-state index contributed by atoms with van der Waals surface area (Å²) in [6.07, 6.45) is 7.45. The summed E-state index contributed by atoms with van der Waals surface area (Å²) in [5.41, 5.74) is 4.29. The second kappa shape index (κ2) is 9.18. The van der Waals surface area contributed by atoms with Crippen molar-refractivity contribution in [3.8, 4) is 39.8 Å². The van der Waals surface area contributed by atoms with Crippen LogP contribution in [-0.2, 0) is 0 Å². The second-order valence-corrected chi connectivity index (χ2v) is 8.25. The summed E-state index contributed by atoms with van der Waals surface area (Å²) in [4.78, 5) is 18.5. The molecule has 0 atom stereocenters. The molecule has 3 aromatic heterocycles. The molecule has 0 radical (unpaired) electrons. The number of imidazole rings is 1. The Kier molecular flexibility index (Phi) is 5.93. The molecule has 34 heavy (non-hydrogen) atoms. The average Bonchev–Trinajstić information content (AvgIpc) is 3.31. The van der Waals surface area contributed by atoms with Crippen molar-refractivity contribution in [1.82, 2.24) is 24.3 Å². The molecule has 0 saturated carbocycles. The maximum absolute atomic E-state index is 5.53. The van der Waals surface area contributed by atoms with Crippen LogP contribution in [0.3, 0.4) is 0 Å². The maximum atomic E-state index is 5.53. The minimum absolute atomic E-state index is 0.552. The number of hydrogen-bond acceptors (Lipinski definition) is 8. The van der Waals surface area contributed by atoms with Crippen molar-refractivity contribution in [2.45, 2.75) is 0 Å². The van der Waals surface area contributed by atoms with Crippen LogP contribution in [0.15, 0.2) is 49.1 Å². The van der Waals surface area contributed by atoms with Crippen molar-refractivity contribution in [3.63, 3.8) is 0 Å². The highest BCUT2D eigenvalue weighted by Gasteiger charge is 2.18. The number of methoxy groups -OCH3 is 3. The average molecular weight is 461 g/mol. The lowest BCUT2D eigenvalue weighted by Gasteiger charge is -2.33. The van der Waals surface area contributed by atoms with Crippen molar-refractivity contribution in [2.24, 2.45) is 0 Å². The standard InChI is InChI=1S/C25H28N6O3/c1-29-7-9-30(10-8-29)23-6-5-17(13-27-23)19-16-31-20(14-28-24(31)15-26-19)18-11-21(32-2)25(34-4)22(12-18)33-3/h5-6,11-16H,7-10H2,1-4H3. The Morgan fingerprint density at radius 3 is 2.12 bits per heavy atom. The summed E-state index contributed by atoms with van der Waals surface area (Å²) >= 11 is 0. The number of aromatic nitrogens is 4. The van der Waals surface area contributed by atoms with Gasteiger partial charge in [0.05, 0.1) is 45.1 Å². The van der Waals surface area contributed by atoms with Gasteiger partial charge in [0, 0.05) is 49.7 Å². The number of likely N-dealkylation sites (N-methyl/N-ethyl adjacent to an activating group) is 1. The molecular formula is C25H28N6O3. The maximum Gasteiger partial charge on any atom is 0.203 e. The van der Waals surface area contributed by atoms with Crippen molar-refractivity contribution >= 4 is 11.5 Å². The zero-order valence-electron chi connectivity index (χ0n) is 19.9. The predicted octanol–water partition coefficient (Wildman–Crippen LogP) is 3.24. The van der Waals surface area contributed by atoms with Crippen LogP contribution in [0.2, 0.25) is 0 Å². The molecule has 0 amide bonds. The molecule has 9 nitrogen and oxygen atoms in total. The molecule has 1 aliphatic rings. The van der Waals surface area contributed by atoms with Crippen LogP contribution in [0.25, 0.3) is 28.2 Å². The van der Waals surface area contributed by atoms with Gasteiger partial charge in [-0.1, -0.05) is 0 Å². The third-order valence-corrected chi connectivity index (χ3v) is 6.23. The van der Waals surface area contributed by atoms with E-state index >= 15 is 0 Å². The van der Waals surface area contributed by atoms with E-state index in [2.05, 4.69) is 38.9 Å². The van der Waals surface area contributed by atoms with Gasteiger partial charge in [0.1, 0.15) is 5.82 Å². The number of nitrogens with zero attached hydrogens (tertiary/aromatic N) is 6. The van der Waals surface area contributed by atoms with Gasteiger partial charge in [0.2, 0.25) is 5.75 Å². The smallest absolute Gasteiger partial charge is 0.203 e. The number of piperazine rings is 1. The molecule has 0 N–H and O–H groups in total. The van der Waals surface area contributed by atoms with Crippen LogP contribution in [0.4, 0.5) is 5.82 Å². The van der Waals surface area contributed by atoms with E-state index in [1.807, 2.05) is 35.1 Å². The first kappa shape index (κ1) is 22.0. The molecule has 1 saturated heterocycles. The highest BCUT2D eigenvalue weighted by atomic mass is 16.5. The monoisotopic (exact) mass is 460 g/mol. The quantitative estimate of drug-likeness (QED) is 0.434. The highest BCUT2D eigenvalue weighted by molar-refractivity contribution is 5.71. The molecule has 9 heteroatoms. The largest absolute Gasteiger partial charge is 0.493 e. The first-order valence-corrected chi connectivity index (χ1v) is 11.1. The zero-order valence-corrected chi connectivity index (χ0v) is 19.9. The van der Waals surface area contributed by atoms with Crippen LogP contribution in [-0.4, -0.2) is 78.8 Å². The number of hydrogen-bond donors (Lipinski definition) is 0. The first-order valence-electron chi connectivity index (χ1n) is 11.1. The van der Waals surface area contributed by atoms with Crippen molar-refractivity contribution in [1.29, 1.82) is 0 Å². The molecule has 0 bridgehead atoms. The number of pyridine rings is 1. The van der Waals surface area contributed by atoms with Gasteiger partial charge >= 0.3 is 0 Å². The lowest BCUT2D eigenvalue weighted by molar-refractivity contribution is 0.312. The molecule has 0 spiro atoms. The Morgan fingerprint density at radius 2 is 1.50 bits per heavy atom. The molecule has 4 heterocycles. The summed E-state index contributed by atoms with van der Waals surface area (Å²) in [5.74, 6) is 2.73. The highest BCUT2D eigenvalue weighted by Crippen LogP contribution is 2.41. The molecule has 5 rings (SSSR count). The number of anilines is 1. The number of fused-ring (bicyclic) bond motifs is 1. The molecule has 0 aliphatic carbocycles. The molecule has 4 aromatic rings. The Bertz CT molecular complexity index is 1270. The van der Waals surface area contributed by atoms with Crippen LogP contribution in [0.1, 0.15) is 0 Å². The zero-order chi connectivity index (χ0) is 23.7. The fraction of sp³-hybridized carbons (Fsp3) is 0.320. The fourth-order valence-electron chi connectivity index (χ4n) is 4.24. The second-order valence-electron chi connectivity index (χ2n) is 8.25. The van der Waals surface area contributed by atoms with E-state index in [1.54, 1.807) is 27.5 Å². The minimum atomic E-state index is 0.552. The topological polar surface area (TPSA) is 77.3 Å². The number of benzene rings is 1. The van der Waals surface area contributed by atoms with Gasteiger partial charge in [-0.3, -0.25) is 9.38 Å². The minimum Gasteiger partial charge on any atom is -0.493 e. The van der Waals surface area contributed by atoms with Gasteiger partial charge in [-0.05, 0) is 31.3 Å². The van der Waals surface area contributed by atoms with Gasteiger partial charge < -0.3 is 24.0 Å². The van der Waals surface area contributed by atoms with Gasteiger partial charge in [-0.25, -0.2) is 9.97 Å². The van der Waals surface area contributed by atoms with E-state index in [0.717, 1.165) is 60.2 Å². The number of ether oxygens (including phenoxy) is 3. The van der Waals surface area contributed by atoms with Gasteiger partial charge in [-0.15, -0.1) is 0 Å². The van der Waals surface area contributed by atoms with Crippen molar-refractivity contribution in [2.75, 3.05) is 59.5 Å². The van der Waals surface area contributed by atoms with E-state index in [-0.39, 0.29) is 0 Å². The van der Waals surface area contributed by atoms with Gasteiger partial charge in [-0.2, -0.15) is 0 Å². The summed E-state index contributed by atoms with van der Waals surface area (Å²) in [7, 11) is 6.96. The van der Waals surface area contributed by atoms with Crippen molar-refractivity contribution < 1.29 is 14.2 Å². The molecule has 1 aliphatic heterocycles. The normalized spacial score (nSPS) is 14.4. The van der Waals surface area contributed by atoms with Crippen LogP contribution >= 0.6 is 0 Å². The van der Waals surface area contributed by atoms with Crippen LogP contribution in [0, 0.1) is 0 Å². The molecular weight excluding hydrogens is 432 g/mol. The van der Waals surface area contributed by atoms with E-state index in [0.29, 0.717) is 17.2 Å². The van der Waals surface area contributed by atoms with E-state index in [1.165, 1.54) is 0 Å². The Balaban J connectivity index is 1.49. The SMILES string of the molecule is COc1cc(-c2cnc3cnc(-c4ccc(N5CCN(C)CC5)nc4)cn23)cc(OC)c1OC. The summed E-state index contributed by atoms with van der Waals surface area (Å²) in [6, 6.07) is 7.97. The van der Waals surface area contributed by atoms with Gasteiger partial charge in [0.25, 0.3) is 0 Å². The van der Waals surface area contributed by atoms with E-state index in [9.17, 15) is 0 Å². The Hall–Kier alpha value is -3.85. The van der Waals surface area contributed by atoms with E-state index < -0.39 is 0 Å². The van der Waals surface area contributed by atoms with E-state index in [4.69, 9.17) is 19.2 Å². The lowest BCUT2D eigenvalue weighted by Crippen LogP contribution is -2.44. The summed E-state index contributed by atoms with van der Waals surface area (Å²) < 4.78 is 18.5. The number of rotatable bonds is 6. The Labute approximate surface area is 198 Å². The summed E-state index contributed by atoms with van der Waals surface area (Å²) in [5, 5.41) is 0. The lowest BCUT2D eigenvalue weighted by atomic mass is 10.1. The van der Waals surface area contributed by atoms with Gasteiger partial charge in [0.15, 0.2) is 17.1 Å². The molecule has 1 aromatic carbocycles. The van der Waals surface area contributed by atoms with Crippen molar-refractivity contribution in [3.05, 3.63) is 49.1 Å². The molecule has 176 valence electrons. The van der Waals surface area contributed by atoms with Crippen LogP contribution < -0.4 is 19.1 Å². The molecule has 0 unspecified atom stereocenters. The Morgan fingerprint density at radius 1 is 0.765 bits per heavy atom. The van der Waals surface area contributed by atoms with Crippen LogP contribution in [0.5, 0.6) is 17.2 Å². The third-order valence-electron chi connectivity index (χ3n) is 6.23. The first-order chi connectivity index (χ1) is 16.6. The summed E-state index contributed by atoms with van der Waals surface area (Å²) in [6.45, 7) is 4.07.